The van der Waals surface area contributed by atoms with Crippen LogP contribution in [-0.4, -0.2) is 26.9 Å². The van der Waals surface area contributed by atoms with Crippen molar-refractivity contribution in [2.45, 2.75) is 32.1 Å². The molecule has 0 saturated heterocycles. The van der Waals surface area contributed by atoms with E-state index in [-0.39, 0.29) is 5.38 Å². The summed E-state index contributed by atoms with van der Waals surface area (Å²) in [6, 6.07) is 3.82. The van der Waals surface area contributed by atoms with Crippen molar-refractivity contribution < 1.29 is 0 Å². The summed E-state index contributed by atoms with van der Waals surface area (Å²) in [4.78, 5) is 12.8. The van der Waals surface area contributed by atoms with Crippen LogP contribution in [0.3, 0.4) is 0 Å². The minimum Gasteiger partial charge on any atom is -0.369 e. The molecule has 4 nitrogen and oxygen atoms in total. The maximum absolute atomic E-state index is 6.40. The molecular weight excluding hydrogens is 260 g/mol. The Hall–Kier alpha value is -1.42. The fourth-order valence-corrected chi connectivity index (χ4v) is 2.56. The Balaban J connectivity index is 2.01. The second-order valence-corrected chi connectivity index (χ2v) is 5.13. The predicted molar refractivity (Wildman–Crippen MR) is 79.5 cm³/mol. The van der Waals surface area contributed by atoms with Gasteiger partial charge in [0.25, 0.3) is 0 Å². The zero-order chi connectivity index (χ0) is 13.7. The van der Waals surface area contributed by atoms with Crippen molar-refractivity contribution >= 4 is 28.6 Å². The molecule has 1 unspecified atom stereocenters. The summed E-state index contributed by atoms with van der Waals surface area (Å²) < 4.78 is 0. The lowest BCUT2D eigenvalue weighted by atomic mass is 9.99. The molecule has 2 heterocycles. The number of pyridine rings is 1. The van der Waals surface area contributed by atoms with Gasteiger partial charge in [0.15, 0.2) is 5.65 Å². The Kier molecular flexibility index (Phi) is 4.91. The van der Waals surface area contributed by atoms with Gasteiger partial charge in [0.1, 0.15) is 11.3 Å². The second-order valence-electron chi connectivity index (χ2n) is 4.57. The average Bonchev–Trinajstić information content (AvgIpc) is 2.46. The van der Waals surface area contributed by atoms with E-state index >= 15 is 0 Å². The third-order valence-corrected chi connectivity index (χ3v) is 3.88. The lowest BCUT2D eigenvalue weighted by Gasteiger charge is -2.19. The number of hydrogen-bond acceptors (Lipinski definition) is 4. The van der Waals surface area contributed by atoms with Crippen molar-refractivity contribution in [3.05, 3.63) is 24.5 Å². The molecule has 0 radical (unpaired) electrons. The molecule has 0 amide bonds. The van der Waals surface area contributed by atoms with Crippen LogP contribution in [0.1, 0.15) is 26.7 Å². The van der Waals surface area contributed by atoms with Crippen LogP contribution in [0.5, 0.6) is 0 Å². The first-order chi connectivity index (χ1) is 9.24. The van der Waals surface area contributed by atoms with E-state index in [1.54, 1.807) is 12.4 Å². The molecule has 1 N–H and O–H groups in total. The molecule has 2 aromatic rings. The number of anilines is 1. The van der Waals surface area contributed by atoms with Gasteiger partial charge >= 0.3 is 0 Å². The lowest BCUT2D eigenvalue weighted by Crippen LogP contribution is -2.23. The number of rotatable bonds is 6. The SMILES string of the molecule is CCC(CC)C(Cl)CNc1ccc2nccnc2n1. The minimum atomic E-state index is 0.120. The van der Waals surface area contributed by atoms with E-state index in [2.05, 4.69) is 34.1 Å². The molecular formula is C14H19ClN4. The van der Waals surface area contributed by atoms with Gasteiger partial charge in [0, 0.05) is 18.9 Å². The first-order valence-electron chi connectivity index (χ1n) is 6.70. The number of halogens is 1. The maximum Gasteiger partial charge on any atom is 0.180 e. The molecule has 2 aromatic heterocycles. The highest BCUT2D eigenvalue weighted by molar-refractivity contribution is 6.21. The molecule has 0 aromatic carbocycles. The Labute approximate surface area is 118 Å². The second kappa shape index (κ2) is 6.66. The van der Waals surface area contributed by atoms with Crippen LogP contribution in [0.4, 0.5) is 5.82 Å². The van der Waals surface area contributed by atoms with Crippen molar-refractivity contribution in [3.8, 4) is 0 Å². The van der Waals surface area contributed by atoms with Crippen LogP contribution in [0.2, 0.25) is 0 Å². The molecule has 5 heteroatoms. The summed E-state index contributed by atoms with van der Waals surface area (Å²) in [6.07, 6.45) is 5.51. The number of nitrogens with one attached hydrogen (secondary N) is 1. The lowest BCUT2D eigenvalue weighted by molar-refractivity contribution is 0.475. The van der Waals surface area contributed by atoms with Crippen molar-refractivity contribution in [3.63, 3.8) is 0 Å². The highest BCUT2D eigenvalue weighted by atomic mass is 35.5. The number of hydrogen-bond donors (Lipinski definition) is 1. The summed E-state index contributed by atoms with van der Waals surface area (Å²) in [6.45, 7) is 5.06. The van der Waals surface area contributed by atoms with Crippen molar-refractivity contribution in [1.29, 1.82) is 0 Å². The molecule has 19 heavy (non-hydrogen) atoms. The van der Waals surface area contributed by atoms with Crippen LogP contribution in [-0.2, 0) is 0 Å². The van der Waals surface area contributed by atoms with Gasteiger partial charge < -0.3 is 5.32 Å². The molecule has 0 fully saturated rings. The number of alkyl halides is 1. The summed E-state index contributed by atoms with van der Waals surface area (Å²) in [7, 11) is 0. The Morgan fingerprint density at radius 1 is 1.16 bits per heavy atom. The molecule has 0 bridgehead atoms. The number of fused-ring (bicyclic) bond motifs is 1. The molecule has 2 rings (SSSR count). The van der Waals surface area contributed by atoms with Crippen molar-refractivity contribution in [1.82, 2.24) is 15.0 Å². The van der Waals surface area contributed by atoms with Crippen LogP contribution in [0.25, 0.3) is 11.2 Å². The molecule has 0 aliphatic heterocycles. The van der Waals surface area contributed by atoms with Gasteiger partial charge in [-0.15, -0.1) is 11.6 Å². The fourth-order valence-electron chi connectivity index (χ4n) is 2.12. The van der Waals surface area contributed by atoms with Crippen LogP contribution >= 0.6 is 11.6 Å². The van der Waals surface area contributed by atoms with E-state index in [0.29, 0.717) is 18.1 Å². The number of nitrogens with zero attached hydrogens (tertiary/aromatic N) is 3. The highest BCUT2D eigenvalue weighted by Crippen LogP contribution is 2.19. The zero-order valence-electron chi connectivity index (χ0n) is 11.3. The first kappa shape index (κ1) is 14.0. The third-order valence-electron chi connectivity index (χ3n) is 3.37. The highest BCUT2D eigenvalue weighted by Gasteiger charge is 2.15. The standard InChI is InChI=1S/C14H19ClN4/c1-3-10(4-2)11(15)9-18-13-6-5-12-14(19-13)17-8-7-16-12/h5-8,10-11H,3-4,9H2,1-2H3,(H,17,18,19). The molecule has 0 aliphatic carbocycles. The molecule has 0 aliphatic rings. The third kappa shape index (κ3) is 3.53. The molecule has 102 valence electrons. The van der Waals surface area contributed by atoms with Crippen LogP contribution in [0, 0.1) is 5.92 Å². The van der Waals surface area contributed by atoms with Gasteiger partial charge in [-0.1, -0.05) is 26.7 Å². The minimum absolute atomic E-state index is 0.120. The smallest absolute Gasteiger partial charge is 0.180 e. The van der Waals surface area contributed by atoms with Crippen LogP contribution < -0.4 is 5.32 Å². The van der Waals surface area contributed by atoms with E-state index in [1.807, 2.05) is 12.1 Å². The van der Waals surface area contributed by atoms with Gasteiger partial charge in [0.2, 0.25) is 0 Å². The van der Waals surface area contributed by atoms with E-state index in [0.717, 1.165) is 24.2 Å². The van der Waals surface area contributed by atoms with E-state index in [9.17, 15) is 0 Å². The summed E-state index contributed by atoms with van der Waals surface area (Å²) in [5, 5.41) is 3.39. The number of aromatic nitrogens is 3. The largest absolute Gasteiger partial charge is 0.369 e. The van der Waals surface area contributed by atoms with Gasteiger partial charge in [-0.3, -0.25) is 4.98 Å². The molecule has 0 saturated carbocycles. The summed E-state index contributed by atoms with van der Waals surface area (Å²) in [5.41, 5.74) is 1.46. The Bertz CT molecular complexity index is 528. The Morgan fingerprint density at radius 3 is 2.63 bits per heavy atom. The summed E-state index contributed by atoms with van der Waals surface area (Å²) >= 11 is 6.40. The maximum atomic E-state index is 6.40. The normalized spacial score (nSPS) is 12.8. The van der Waals surface area contributed by atoms with Gasteiger partial charge in [0.05, 0.1) is 5.38 Å². The molecule has 1 atom stereocenters. The van der Waals surface area contributed by atoms with Crippen molar-refractivity contribution in [2.24, 2.45) is 5.92 Å². The van der Waals surface area contributed by atoms with E-state index < -0.39 is 0 Å². The quantitative estimate of drug-likeness (QED) is 0.822. The summed E-state index contributed by atoms with van der Waals surface area (Å²) in [5.74, 6) is 1.33. The van der Waals surface area contributed by atoms with Gasteiger partial charge in [-0.05, 0) is 18.1 Å². The van der Waals surface area contributed by atoms with Gasteiger partial charge in [-0.25, -0.2) is 9.97 Å². The average molecular weight is 279 g/mol. The topological polar surface area (TPSA) is 50.7 Å². The monoisotopic (exact) mass is 278 g/mol. The molecule has 0 spiro atoms. The Morgan fingerprint density at radius 2 is 1.89 bits per heavy atom. The predicted octanol–water partition coefficient (Wildman–Crippen LogP) is 3.48. The van der Waals surface area contributed by atoms with E-state index in [4.69, 9.17) is 11.6 Å². The van der Waals surface area contributed by atoms with E-state index in [1.165, 1.54) is 0 Å². The zero-order valence-corrected chi connectivity index (χ0v) is 12.1. The van der Waals surface area contributed by atoms with Crippen molar-refractivity contribution in [2.75, 3.05) is 11.9 Å². The van der Waals surface area contributed by atoms with Gasteiger partial charge in [-0.2, -0.15) is 0 Å². The fraction of sp³-hybridized carbons (Fsp3) is 0.500. The van der Waals surface area contributed by atoms with Crippen LogP contribution in [0.15, 0.2) is 24.5 Å². The first-order valence-corrected chi connectivity index (χ1v) is 7.14.